The van der Waals surface area contributed by atoms with Crippen molar-refractivity contribution in [2.45, 2.75) is 18.6 Å². The lowest BCUT2D eigenvalue weighted by molar-refractivity contribution is -0.134. The molecule has 1 N–H and O–H groups in total. The van der Waals surface area contributed by atoms with Crippen LogP contribution in [0.25, 0.3) is 0 Å². The van der Waals surface area contributed by atoms with Crippen molar-refractivity contribution >= 4 is 5.91 Å². The van der Waals surface area contributed by atoms with E-state index < -0.39 is 6.10 Å². The van der Waals surface area contributed by atoms with Crippen LogP contribution >= 0.6 is 0 Å². The highest BCUT2D eigenvalue weighted by Gasteiger charge is 2.37. The summed E-state index contributed by atoms with van der Waals surface area (Å²) in [6, 6.07) is 5.34. The number of nitrogens with zero attached hydrogens (tertiary/aromatic N) is 1. The molecule has 5 nitrogen and oxygen atoms in total. The van der Waals surface area contributed by atoms with E-state index in [2.05, 4.69) is 0 Å². The molecule has 0 aromatic heterocycles. The molecule has 1 heterocycles. The normalized spacial score (nSPS) is 23.3. The van der Waals surface area contributed by atoms with Crippen molar-refractivity contribution in [2.24, 2.45) is 0 Å². The lowest BCUT2D eigenvalue weighted by atomic mass is 10.0. The highest BCUT2D eigenvalue weighted by molar-refractivity contribution is 5.83. The molecule has 98 valence electrons. The molecule has 0 saturated carbocycles. The number of likely N-dealkylation sites (N-methyl/N-ethyl adjacent to an activating group) is 1. The van der Waals surface area contributed by atoms with Crippen molar-refractivity contribution in [1.82, 2.24) is 4.90 Å². The van der Waals surface area contributed by atoms with E-state index in [1.165, 1.54) is 0 Å². The van der Waals surface area contributed by atoms with Crippen molar-refractivity contribution in [3.05, 3.63) is 23.8 Å². The smallest absolute Gasteiger partial charge is 0.251 e. The molecule has 1 fully saturated rings. The largest absolute Gasteiger partial charge is 0.497 e. The van der Waals surface area contributed by atoms with Crippen LogP contribution in [0.3, 0.4) is 0 Å². The Kier molecular flexibility index (Phi) is 3.43. The Morgan fingerprint density at radius 2 is 1.78 bits per heavy atom. The fraction of sp³-hybridized carbons (Fsp3) is 0.462. The summed E-state index contributed by atoms with van der Waals surface area (Å²) in [7, 11) is 4.85. The topological polar surface area (TPSA) is 59.0 Å². The first kappa shape index (κ1) is 12.7. The minimum atomic E-state index is -0.919. The molecule has 0 unspecified atom stereocenters. The summed E-state index contributed by atoms with van der Waals surface area (Å²) >= 11 is 0. The van der Waals surface area contributed by atoms with Crippen LogP contribution in [0.4, 0.5) is 0 Å². The van der Waals surface area contributed by atoms with Crippen LogP contribution in [0.5, 0.6) is 11.5 Å². The van der Waals surface area contributed by atoms with E-state index in [0.29, 0.717) is 17.9 Å². The van der Waals surface area contributed by atoms with Crippen LogP contribution in [0.15, 0.2) is 18.2 Å². The van der Waals surface area contributed by atoms with Gasteiger partial charge in [-0.15, -0.1) is 0 Å². The average Bonchev–Trinajstić information content (AvgIpc) is 2.65. The highest BCUT2D eigenvalue weighted by atomic mass is 16.5. The fourth-order valence-electron chi connectivity index (χ4n) is 2.24. The number of methoxy groups -OCH3 is 2. The lowest BCUT2D eigenvalue weighted by Crippen LogP contribution is -2.26. The number of ether oxygens (including phenoxy) is 2. The monoisotopic (exact) mass is 251 g/mol. The summed E-state index contributed by atoms with van der Waals surface area (Å²) in [5.41, 5.74) is 0.901. The van der Waals surface area contributed by atoms with Gasteiger partial charge in [-0.25, -0.2) is 0 Å². The molecule has 1 aliphatic heterocycles. The number of carbonyl (C=O) groups is 1. The molecule has 1 amide bonds. The Bertz CT molecular complexity index is 438. The SMILES string of the molecule is COc1cc(OC)cc([C@@H]2C[C@@H](O)C(=O)N2C)c1. The zero-order chi connectivity index (χ0) is 13.3. The van der Waals surface area contributed by atoms with Gasteiger partial charge in [0.1, 0.15) is 17.6 Å². The first-order valence-corrected chi connectivity index (χ1v) is 5.74. The third kappa shape index (κ3) is 2.13. The van der Waals surface area contributed by atoms with Crippen LogP contribution in [0.1, 0.15) is 18.0 Å². The van der Waals surface area contributed by atoms with Gasteiger partial charge in [0.15, 0.2) is 0 Å². The van der Waals surface area contributed by atoms with Crippen LogP contribution in [-0.4, -0.2) is 43.3 Å². The summed E-state index contributed by atoms with van der Waals surface area (Å²) in [6.45, 7) is 0. The van der Waals surface area contributed by atoms with E-state index in [4.69, 9.17) is 9.47 Å². The van der Waals surface area contributed by atoms with E-state index in [-0.39, 0.29) is 11.9 Å². The molecule has 1 aromatic rings. The highest BCUT2D eigenvalue weighted by Crippen LogP contribution is 2.35. The number of hydrogen-bond donors (Lipinski definition) is 1. The number of carbonyl (C=O) groups excluding carboxylic acids is 1. The van der Waals surface area contributed by atoms with Gasteiger partial charge >= 0.3 is 0 Å². The van der Waals surface area contributed by atoms with E-state index in [1.807, 2.05) is 12.1 Å². The second kappa shape index (κ2) is 4.86. The molecule has 18 heavy (non-hydrogen) atoms. The molecule has 0 radical (unpaired) electrons. The van der Waals surface area contributed by atoms with Crippen LogP contribution in [-0.2, 0) is 4.79 Å². The second-order valence-corrected chi connectivity index (χ2v) is 4.36. The zero-order valence-electron chi connectivity index (χ0n) is 10.7. The molecular formula is C13H17NO4. The van der Waals surface area contributed by atoms with Crippen molar-refractivity contribution in [3.8, 4) is 11.5 Å². The van der Waals surface area contributed by atoms with Gasteiger partial charge in [-0.1, -0.05) is 0 Å². The molecule has 0 bridgehead atoms. The number of aliphatic hydroxyl groups excluding tert-OH is 1. The van der Waals surface area contributed by atoms with Crippen molar-refractivity contribution in [3.63, 3.8) is 0 Å². The maximum absolute atomic E-state index is 11.6. The van der Waals surface area contributed by atoms with Crippen LogP contribution in [0, 0.1) is 0 Å². The van der Waals surface area contributed by atoms with Gasteiger partial charge < -0.3 is 19.5 Å². The van der Waals surface area contributed by atoms with Gasteiger partial charge in [0.25, 0.3) is 5.91 Å². The first-order chi connectivity index (χ1) is 8.56. The standard InChI is InChI=1S/C13H17NO4/c1-14-11(7-12(15)13(14)16)8-4-9(17-2)6-10(5-8)18-3/h4-6,11-12,15H,7H2,1-3H3/t11-,12+/m0/s1. The van der Waals surface area contributed by atoms with Crippen molar-refractivity contribution in [2.75, 3.05) is 21.3 Å². The van der Waals surface area contributed by atoms with E-state index >= 15 is 0 Å². The number of rotatable bonds is 3. The minimum absolute atomic E-state index is 0.142. The zero-order valence-corrected chi connectivity index (χ0v) is 10.7. The summed E-state index contributed by atoms with van der Waals surface area (Å²) in [5, 5.41) is 9.60. The van der Waals surface area contributed by atoms with Crippen LogP contribution < -0.4 is 9.47 Å². The molecule has 5 heteroatoms. The van der Waals surface area contributed by atoms with Gasteiger partial charge in [0, 0.05) is 19.5 Å². The third-order valence-corrected chi connectivity index (χ3v) is 3.31. The van der Waals surface area contributed by atoms with Crippen molar-refractivity contribution in [1.29, 1.82) is 0 Å². The predicted molar refractivity (Wildman–Crippen MR) is 65.7 cm³/mol. The molecule has 2 atom stereocenters. The van der Waals surface area contributed by atoms with E-state index in [1.54, 1.807) is 32.2 Å². The molecule has 0 aliphatic carbocycles. The Hall–Kier alpha value is -1.75. The number of aliphatic hydroxyl groups is 1. The average molecular weight is 251 g/mol. The number of likely N-dealkylation sites (tertiary alicyclic amines) is 1. The summed E-state index contributed by atoms with van der Waals surface area (Å²) in [6.07, 6.45) is -0.525. The number of amides is 1. The minimum Gasteiger partial charge on any atom is -0.497 e. The van der Waals surface area contributed by atoms with Crippen LogP contribution in [0.2, 0.25) is 0 Å². The molecule has 1 aromatic carbocycles. The Balaban J connectivity index is 2.36. The predicted octanol–water partition coefficient (Wildman–Crippen LogP) is 0.968. The van der Waals surface area contributed by atoms with E-state index in [0.717, 1.165) is 5.56 Å². The number of benzene rings is 1. The maximum Gasteiger partial charge on any atom is 0.251 e. The summed E-state index contributed by atoms with van der Waals surface area (Å²) < 4.78 is 10.4. The quantitative estimate of drug-likeness (QED) is 0.869. The Labute approximate surface area is 106 Å². The van der Waals surface area contributed by atoms with Crippen molar-refractivity contribution < 1.29 is 19.4 Å². The molecule has 1 aliphatic rings. The summed E-state index contributed by atoms with van der Waals surface area (Å²) in [5.74, 6) is 1.10. The van der Waals surface area contributed by atoms with Gasteiger partial charge in [0.2, 0.25) is 0 Å². The van der Waals surface area contributed by atoms with E-state index in [9.17, 15) is 9.90 Å². The molecule has 1 saturated heterocycles. The summed E-state index contributed by atoms with van der Waals surface area (Å²) in [4.78, 5) is 13.2. The van der Waals surface area contributed by atoms with Gasteiger partial charge in [-0.2, -0.15) is 0 Å². The second-order valence-electron chi connectivity index (χ2n) is 4.36. The van der Waals surface area contributed by atoms with Gasteiger partial charge in [-0.05, 0) is 17.7 Å². The molecular weight excluding hydrogens is 234 g/mol. The Morgan fingerprint density at radius 1 is 1.22 bits per heavy atom. The molecule has 0 spiro atoms. The molecule has 2 rings (SSSR count). The van der Waals surface area contributed by atoms with Gasteiger partial charge in [-0.3, -0.25) is 4.79 Å². The maximum atomic E-state index is 11.6. The third-order valence-electron chi connectivity index (χ3n) is 3.31. The lowest BCUT2D eigenvalue weighted by Gasteiger charge is -2.20. The van der Waals surface area contributed by atoms with Gasteiger partial charge in [0.05, 0.1) is 20.3 Å². The number of hydrogen-bond acceptors (Lipinski definition) is 4. The fourth-order valence-corrected chi connectivity index (χ4v) is 2.24. The Morgan fingerprint density at radius 3 is 2.17 bits per heavy atom. The first-order valence-electron chi connectivity index (χ1n) is 5.74.